The van der Waals surface area contributed by atoms with Crippen LogP contribution < -0.4 is 11.5 Å². The van der Waals surface area contributed by atoms with E-state index in [0.717, 1.165) is 16.0 Å². The van der Waals surface area contributed by atoms with E-state index in [2.05, 4.69) is 0 Å². The van der Waals surface area contributed by atoms with Crippen molar-refractivity contribution in [3.63, 3.8) is 0 Å². The minimum absolute atomic E-state index is 0.0989. The van der Waals surface area contributed by atoms with Crippen LogP contribution in [0.3, 0.4) is 0 Å². The van der Waals surface area contributed by atoms with Crippen molar-refractivity contribution in [2.75, 3.05) is 26.0 Å². The number of imide groups is 1. The Morgan fingerprint density at radius 3 is 1.83 bits per heavy atom. The fraction of sp³-hybridized carbons (Fsp3) is 0.459. The van der Waals surface area contributed by atoms with Gasteiger partial charge < -0.3 is 21.3 Å². The molecule has 0 saturated heterocycles. The largest absolute Gasteiger partial charge is 0.452 e. The molecule has 0 aliphatic carbocycles. The van der Waals surface area contributed by atoms with Gasteiger partial charge >= 0.3 is 6.09 Å². The Labute approximate surface area is 286 Å². The monoisotopic (exact) mass is 680 g/mol. The summed E-state index contributed by atoms with van der Waals surface area (Å²) in [5.41, 5.74) is 14.7. The number of ether oxygens (including phenoxy) is 1. The molecule has 0 aliphatic rings. The van der Waals surface area contributed by atoms with Gasteiger partial charge in [-0.15, -0.1) is 0 Å². The molecule has 48 heavy (non-hydrogen) atoms. The van der Waals surface area contributed by atoms with Gasteiger partial charge in [-0.05, 0) is 72.9 Å². The Bertz CT molecular complexity index is 1500. The number of aliphatic hydroxyl groups is 1. The normalized spacial score (nSPS) is 13.9. The van der Waals surface area contributed by atoms with Crippen LogP contribution in [-0.4, -0.2) is 73.1 Å². The highest BCUT2D eigenvalue weighted by atomic mass is 32.2. The van der Waals surface area contributed by atoms with Crippen molar-refractivity contribution in [2.24, 2.45) is 17.6 Å². The average Bonchev–Trinajstić information content (AvgIpc) is 3.07. The molecule has 3 atom stereocenters. The number of carbonyl (C=O) groups excluding carboxylic acids is 2. The van der Waals surface area contributed by atoms with Gasteiger partial charge in [0.1, 0.15) is 0 Å². The highest BCUT2D eigenvalue weighted by Gasteiger charge is 2.39. The number of nitrogen functional groups attached to an aromatic ring is 1. The first-order chi connectivity index (χ1) is 22.8. The summed E-state index contributed by atoms with van der Waals surface area (Å²) in [6.45, 7) is 7.69. The molecule has 0 heterocycles. The lowest BCUT2D eigenvalue weighted by Gasteiger charge is -2.36. The Kier molecular flexibility index (Phi) is 14.6. The molecule has 0 fully saturated rings. The molecule has 0 saturated carbocycles. The SMILES string of the molecule is COC(=O)N(C(=O)[C@@H](N)C(c1ccccc1)c1ccccc1)[C@H](CCC[C@@H](CO)N(CCC(C)C)S(=O)(=O)c1ccc(N)cc1)C(C)C. The van der Waals surface area contributed by atoms with Gasteiger partial charge in [0, 0.05) is 30.2 Å². The molecule has 0 bridgehead atoms. The van der Waals surface area contributed by atoms with Gasteiger partial charge in [-0.2, -0.15) is 4.31 Å². The zero-order valence-electron chi connectivity index (χ0n) is 28.7. The van der Waals surface area contributed by atoms with E-state index in [1.54, 1.807) is 0 Å². The zero-order valence-corrected chi connectivity index (χ0v) is 29.6. The lowest BCUT2D eigenvalue weighted by Crippen LogP contribution is -2.55. The first-order valence-electron chi connectivity index (χ1n) is 16.6. The molecule has 3 aromatic carbocycles. The summed E-state index contributed by atoms with van der Waals surface area (Å²) in [5.74, 6) is -1.03. The van der Waals surface area contributed by atoms with Crippen LogP contribution in [0.15, 0.2) is 89.8 Å². The molecule has 3 aromatic rings. The van der Waals surface area contributed by atoms with Gasteiger partial charge in [0.25, 0.3) is 0 Å². The highest BCUT2D eigenvalue weighted by Crippen LogP contribution is 2.31. The second kappa shape index (κ2) is 18.1. The lowest BCUT2D eigenvalue weighted by molar-refractivity contribution is -0.134. The second-order valence-corrected chi connectivity index (χ2v) is 14.8. The number of benzene rings is 3. The van der Waals surface area contributed by atoms with Crippen molar-refractivity contribution < 1.29 is 27.9 Å². The third-order valence-electron chi connectivity index (χ3n) is 8.74. The van der Waals surface area contributed by atoms with Crippen molar-refractivity contribution in [3.05, 3.63) is 96.1 Å². The minimum Gasteiger partial charge on any atom is -0.452 e. The van der Waals surface area contributed by atoms with Crippen molar-refractivity contribution >= 4 is 27.7 Å². The molecule has 262 valence electrons. The molecular weight excluding hydrogens is 628 g/mol. The zero-order chi connectivity index (χ0) is 35.4. The molecule has 10 nitrogen and oxygen atoms in total. The summed E-state index contributed by atoms with van der Waals surface area (Å²) >= 11 is 0. The van der Waals surface area contributed by atoms with Crippen molar-refractivity contribution in [1.29, 1.82) is 0 Å². The van der Waals surface area contributed by atoms with E-state index in [1.807, 2.05) is 88.4 Å². The molecule has 0 spiro atoms. The van der Waals surface area contributed by atoms with Crippen LogP contribution in [0.4, 0.5) is 10.5 Å². The number of hydrogen-bond acceptors (Lipinski definition) is 8. The quantitative estimate of drug-likeness (QED) is 0.155. The van der Waals surface area contributed by atoms with E-state index >= 15 is 0 Å². The molecule has 0 radical (unpaired) electrons. The van der Waals surface area contributed by atoms with Gasteiger partial charge in [0.15, 0.2) is 0 Å². The maximum absolute atomic E-state index is 14.3. The summed E-state index contributed by atoms with van der Waals surface area (Å²) in [5, 5.41) is 10.5. The average molecular weight is 681 g/mol. The number of anilines is 1. The first kappa shape index (κ1) is 38.7. The Morgan fingerprint density at radius 2 is 1.38 bits per heavy atom. The number of aliphatic hydroxyl groups excluding tert-OH is 1. The van der Waals surface area contributed by atoms with Crippen molar-refractivity contribution in [2.45, 2.75) is 82.3 Å². The predicted octanol–water partition coefficient (Wildman–Crippen LogP) is 5.62. The summed E-state index contributed by atoms with van der Waals surface area (Å²) in [7, 11) is -2.72. The number of nitrogens with zero attached hydrogens (tertiary/aromatic N) is 2. The van der Waals surface area contributed by atoms with Gasteiger partial charge in [-0.1, -0.05) is 88.4 Å². The number of carbonyl (C=O) groups is 2. The molecule has 3 rings (SSSR count). The minimum atomic E-state index is -3.95. The Balaban J connectivity index is 1.89. The molecule has 5 N–H and O–H groups in total. The molecule has 0 aromatic heterocycles. The summed E-state index contributed by atoms with van der Waals surface area (Å²) in [6, 6.07) is 22.5. The van der Waals surface area contributed by atoms with Crippen LogP contribution in [0.5, 0.6) is 0 Å². The van der Waals surface area contributed by atoms with Gasteiger partial charge in [-0.3, -0.25) is 4.79 Å². The molecular formula is C37H52N4O6S. The van der Waals surface area contributed by atoms with Gasteiger partial charge in [0.2, 0.25) is 15.9 Å². The molecule has 0 aliphatic heterocycles. The third-order valence-corrected chi connectivity index (χ3v) is 10.7. The summed E-state index contributed by atoms with van der Waals surface area (Å²) in [6.07, 6.45) is 0.866. The number of amides is 2. The van der Waals surface area contributed by atoms with Crippen LogP contribution in [0, 0.1) is 11.8 Å². The first-order valence-corrected chi connectivity index (χ1v) is 18.0. The number of methoxy groups -OCH3 is 1. The fourth-order valence-corrected chi connectivity index (χ4v) is 7.69. The highest BCUT2D eigenvalue weighted by molar-refractivity contribution is 7.89. The van der Waals surface area contributed by atoms with E-state index in [1.165, 1.54) is 35.7 Å². The van der Waals surface area contributed by atoms with E-state index in [4.69, 9.17) is 16.2 Å². The van der Waals surface area contributed by atoms with E-state index in [-0.39, 0.29) is 29.9 Å². The van der Waals surface area contributed by atoms with E-state index < -0.39 is 46.1 Å². The maximum Gasteiger partial charge on any atom is 0.416 e. The third kappa shape index (κ3) is 9.88. The van der Waals surface area contributed by atoms with Crippen LogP contribution >= 0.6 is 0 Å². The fourth-order valence-electron chi connectivity index (χ4n) is 6.03. The van der Waals surface area contributed by atoms with E-state index in [0.29, 0.717) is 31.4 Å². The Morgan fingerprint density at radius 1 is 0.833 bits per heavy atom. The summed E-state index contributed by atoms with van der Waals surface area (Å²) in [4.78, 5) is 28.8. The predicted molar refractivity (Wildman–Crippen MR) is 190 cm³/mol. The lowest BCUT2D eigenvalue weighted by atomic mass is 9.84. The standard InChI is InChI=1S/C37H52N4O6S/c1-26(2)23-24-40(48(45,46)32-21-19-30(38)20-22-32)31(25-42)17-12-18-33(27(3)4)41(37(44)47-5)36(43)35(39)34(28-13-8-6-9-14-28)29-15-10-7-11-16-29/h6-11,13-16,19-22,26-27,31,33-35,42H,12,17-18,23-25,38-39H2,1-5H3/t31-,33+,35-/m0/s1. The van der Waals surface area contributed by atoms with E-state index in [9.17, 15) is 23.1 Å². The molecule has 0 unspecified atom stereocenters. The Hall–Kier alpha value is -3.77. The topological polar surface area (TPSA) is 156 Å². The second-order valence-electron chi connectivity index (χ2n) is 12.9. The van der Waals surface area contributed by atoms with Crippen molar-refractivity contribution in [3.8, 4) is 0 Å². The number of sulfonamides is 1. The molecule has 2 amide bonds. The van der Waals surface area contributed by atoms with Gasteiger partial charge in [0.05, 0.1) is 24.7 Å². The van der Waals surface area contributed by atoms with Gasteiger partial charge in [-0.25, -0.2) is 18.1 Å². The van der Waals surface area contributed by atoms with Crippen LogP contribution in [-0.2, 0) is 19.6 Å². The van der Waals surface area contributed by atoms with Crippen LogP contribution in [0.2, 0.25) is 0 Å². The maximum atomic E-state index is 14.3. The van der Waals surface area contributed by atoms with Crippen LogP contribution in [0.25, 0.3) is 0 Å². The van der Waals surface area contributed by atoms with Crippen molar-refractivity contribution in [1.82, 2.24) is 9.21 Å². The smallest absolute Gasteiger partial charge is 0.416 e. The van der Waals surface area contributed by atoms with Crippen LogP contribution in [0.1, 0.15) is 70.4 Å². The number of rotatable bonds is 17. The molecule has 11 heteroatoms. The number of nitrogens with two attached hydrogens (primary N) is 2. The number of hydrogen-bond donors (Lipinski definition) is 3. The summed E-state index contributed by atoms with van der Waals surface area (Å²) < 4.78 is 34.1.